The van der Waals surface area contributed by atoms with Crippen LogP contribution < -0.4 is 10.6 Å². The quantitative estimate of drug-likeness (QED) is 0.345. The Labute approximate surface area is 127 Å². The van der Waals surface area contributed by atoms with Gasteiger partial charge in [0.2, 0.25) is 0 Å². The second-order valence-electron chi connectivity index (χ2n) is 4.70. The average molecular weight is 284 g/mol. The molecule has 0 spiro atoms. The first-order valence-electron chi connectivity index (χ1n) is 6.91. The van der Waals surface area contributed by atoms with Gasteiger partial charge in [0.05, 0.1) is 12.0 Å². The van der Waals surface area contributed by atoms with E-state index in [1.807, 2.05) is 29.2 Å². The Morgan fingerprint density at radius 2 is 2.05 bits per heavy atom. The van der Waals surface area contributed by atoms with Crippen LogP contribution in [0.2, 0.25) is 0 Å². The summed E-state index contributed by atoms with van der Waals surface area (Å²) in [4.78, 5) is 8.04. The van der Waals surface area contributed by atoms with Crippen LogP contribution in [0.3, 0.4) is 0 Å². The molecule has 4 nitrogen and oxygen atoms in total. The molecule has 112 valence electrons. The van der Waals surface area contributed by atoms with Crippen molar-refractivity contribution in [1.29, 1.82) is 0 Å². The number of aliphatic imine (C=N–C) groups is 1. The van der Waals surface area contributed by atoms with E-state index in [-0.39, 0.29) is 0 Å². The highest BCUT2D eigenvalue weighted by molar-refractivity contribution is 5.59. The predicted molar refractivity (Wildman–Crippen MR) is 92.5 cm³/mol. The van der Waals surface area contributed by atoms with Crippen LogP contribution in [-0.4, -0.2) is 31.9 Å². The first kappa shape index (κ1) is 16.6. The van der Waals surface area contributed by atoms with Gasteiger partial charge in [-0.25, -0.2) is 0 Å². The lowest BCUT2D eigenvalue weighted by Gasteiger charge is -2.21. The van der Waals surface area contributed by atoms with Gasteiger partial charge in [-0.05, 0) is 37.1 Å². The van der Waals surface area contributed by atoms with E-state index < -0.39 is 0 Å². The lowest BCUT2D eigenvalue weighted by atomic mass is 10.2. The van der Waals surface area contributed by atoms with Crippen molar-refractivity contribution in [3.63, 3.8) is 0 Å². The summed E-state index contributed by atoms with van der Waals surface area (Å²) < 4.78 is 0. The van der Waals surface area contributed by atoms with Crippen LogP contribution in [0.4, 0.5) is 11.4 Å². The topological polar surface area (TPSA) is 44.9 Å². The molecule has 2 N–H and O–H groups in total. The number of nitrogen functional groups attached to an aromatic ring is 1. The largest absolute Gasteiger partial charge is 0.399 e. The molecule has 21 heavy (non-hydrogen) atoms. The van der Waals surface area contributed by atoms with E-state index in [0.29, 0.717) is 0 Å². The minimum atomic E-state index is 0.782. The van der Waals surface area contributed by atoms with Gasteiger partial charge in [0.1, 0.15) is 0 Å². The van der Waals surface area contributed by atoms with Crippen molar-refractivity contribution in [2.75, 3.05) is 31.3 Å². The van der Waals surface area contributed by atoms with Crippen LogP contribution >= 0.6 is 0 Å². The van der Waals surface area contributed by atoms with Gasteiger partial charge in [-0.3, -0.25) is 4.99 Å². The Kier molecular flexibility index (Phi) is 6.85. The van der Waals surface area contributed by atoms with Crippen LogP contribution in [0, 0.1) is 0 Å². The summed E-state index contributed by atoms with van der Waals surface area (Å²) in [6, 6.07) is 7.88. The molecule has 0 saturated heterocycles. The number of rotatable bonds is 8. The summed E-state index contributed by atoms with van der Waals surface area (Å²) in [5.41, 5.74) is 11.6. The van der Waals surface area contributed by atoms with E-state index >= 15 is 0 Å². The Hall–Kier alpha value is -2.45. The van der Waals surface area contributed by atoms with Gasteiger partial charge in [0.15, 0.2) is 0 Å². The Morgan fingerprint density at radius 1 is 1.38 bits per heavy atom. The van der Waals surface area contributed by atoms with Gasteiger partial charge >= 0.3 is 0 Å². The van der Waals surface area contributed by atoms with Crippen molar-refractivity contribution in [3.8, 4) is 0 Å². The second kappa shape index (κ2) is 8.67. The van der Waals surface area contributed by atoms with Gasteiger partial charge in [-0.2, -0.15) is 0 Å². The maximum atomic E-state index is 5.70. The maximum Gasteiger partial charge on any atom is 0.0934 e. The monoisotopic (exact) mass is 284 g/mol. The summed E-state index contributed by atoms with van der Waals surface area (Å²) >= 11 is 0. The average Bonchev–Trinajstić information content (AvgIpc) is 2.50. The van der Waals surface area contributed by atoms with Gasteiger partial charge in [-0.15, -0.1) is 5.73 Å². The number of allylic oxidation sites excluding steroid dienone is 1. The minimum absolute atomic E-state index is 0.782. The number of benzene rings is 1. The Morgan fingerprint density at radius 3 is 2.57 bits per heavy atom. The van der Waals surface area contributed by atoms with Crippen molar-refractivity contribution in [2.24, 2.45) is 4.99 Å². The van der Waals surface area contributed by atoms with E-state index in [1.54, 1.807) is 19.6 Å². The molecular weight excluding hydrogens is 260 g/mol. The third-order valence-electron chi connectivity index (χ3n) is 3.19. The number of nitrogens with two attached hydrogens (primary N) is 1. The SMILES string of the molecule is C=C=C(CCCN(C)c1ccc(N)cc1)N(C=C)C=NC. The predicted octanol–water partition coefficient (Wildman–Crippen LogP) is 3.26. The van der Waals surface area contributed by atoms with Crippen LogP contribution in [0.5, 0.6) is 0 Å². The first-order valence-corrected chi connectivity index (χ1v) is 6.91. The summed E-state index contributed by atoms with van der Waals surface area (Å²) in [6.45, 7) is 8.44. The molecule has 0 aromatic heterocycles. The number of hydrogen-bond donors (Lipinski definition) is 1. The van der Waals surface area contributed by atoms with Crippen molar-refractivity contribution >= 4 is 17.7 Å². The van der Waals surface area contributed by atoms with E-state index in [2.05, 4.69) is 35.8 Å². The van der Waals surface area contributed by atoms with Crippen LogP contribution in [0.25, 0.3) is 0 Å². The smallest absolute Gasteiger partial charge is 0.0934 e. The number of nitrogens with zero attached hydrogens (tertiary/aromatic N) is 3. The highest BCUT2D eigenvalue weighted by Crippen LogP contribution is 2.16. The zero-order valence-corrected chi connectivity index (χ0v) is 12.9. The lowest BCUT2D eigenvalue weighted by Crippen LogP contribution is -2.20. The first-order chi connectivity index (χ1) is 10.1. The van der Waals surface area contributed by atoms with Gasteiger partial charge < -0.3 is 15.5 Å². The molecule has 0 saturated carbocycles. The summed E-state index contributed by atoms with van der Waals surface area (Å²) in [6.07, 6.45) is 5.27. The number of hydrogen-bond acceptors (Lipinski definition) is 3. The van der Waals surface area contributed by atoms with Crippen molar-refractivity contribution < 1.29 is 0 Å². The van der Waals surface area contributed by atoms with Crippen molar-refractivity contribution in [1.82, 2.24) is 4.90 Å². The summed E-state index contributed by atoms with van der Waals surface area (Å²) in [7, 11) is 3.80. The van der Waals surface area contributed by atoms with E-state index in [1.165, 1.54) is 0 Å². The molecule has 0 bridgehead atoms. The minimum Gasteiger partial charge on any atom is -0.399 e. The molecule has 1 aromatic rings. The molecule has 0 aliphatic heterocycles. The standard InChI is InChI=1S/C17H24N4/c1-5-16(21(6-2)14-19-3)8-7-13-20(4)17-11-9-15(18)10-12-17/h6,9-12,14H,1-2,7-8,13,18H2,3-4H3. The number of anilines is 2. The maximum absolute atomic E-state index is 5.70. The van der Waals surface area contributed by atoms with Gasteiger partial charge in [-0.1, -0.05) is 13.2 Å². The highest BCUT2D eigenvalue weighted by atomic mass is 15.1. The van der Waals surface area contributed by atoms with E-state index in [0.717, 1.165) is 36.5 Å². The highest BCUT2D eigenvalue weighted by Gasteiger charge is 2.05. The zero-order valence-electron chi connectivity index (χ0n) is 12.9. The molecule has 0 fully saturated rings. The van der Waals surface area contributed by atoms with Crippen molar-refractivity contribution in [2.45, 2.75) is 12.8 Å². The summed E-state index contributed by atoms with van der Waals surface area (Å²) in [5.74, 6) is 0. The molecule has 4 heteroatoms. The molecule has 0 heterocycles. The Balaban J connectivity index is 2.53. The molecule has 1 aromatic carbocycles. The molecule has 0 aliphatic carbocycles. The van der Waals surface area contributed by atoms with E-state index in [9.17, 15) is 0 Å². The third-order valence-corrected chi connectivity index (χ3v) is 3.19. The van der Waals surface area contributed by atoms with E-state index in [4.69, 9.17) is 5.73 Å². The lowest BCUT2D eigenvalue weighted by molar-refractivity contribution is 0.633. The fourth-order valence-electron chi connectivity index (χ4n) is 2.00. The second-order valence-corrected chi connectivity index (χ2v) is 4.70. The van der Waals surface area contributed by atoms with Crippen molar-refractivity contribution in [3.05, 3.63) is 55.1 Å². The molecular formula is C17H24N4. The molecule has 0 unspecified atom stereocenters. The molecule has 1 rings (SSSR count). The third kappa shape index (κ3) is 5.21. The summed E-state index contributed by atoms with van der Waals surface area (Å²) in [5, 5.41) is 0. The zero-order chi connectivity index (χ0) is 15.7. The molecule has 0 amide bonds. The van der Waals surface area contributed by atoms with Crippen LogP contribution in [0.1, 0.15) is 12.8 Å². The van der Waals surface area contributed by atoms with Crippen LogP contribution in [-0.2, 0) is 0 Å². The van der Waals surface area contributed by atoms with Gasteiger partial charge in [0.25, 0.3) is 0 Å². The Bertz CT molecular complexity index is 524. The normalized spacial score (nSPS) is 10.2. The fourth-order valence-corrected chi connectivity index (χ4v) is 2.00. The molecule has 0 atom stereocenters. The molecule has 0 radical (unpaired) electrons. The van der Waals surface area contributed by atoms with Crippen LogP contribution in [0.15, 0.2) is 60.0 Å². The molecule has 0 aliphatic rings. The van der Waals surface area contributed by atoms with Gasteiger partial charge in [0, 0.05) is 38.2 Å². The fraction of sp³-hybridized carbons (Fsp3) is 0.294.